The van der Waals surface area contributed by atoms with Crippen LogP contribution >= 0.6 is 0 Å². The lowest BCUT2D eigenvalue weighted by Crippen LogP contribution is -2.48. The van der Waals surface area contributed by atoms with Crippen LogP contribution in [0.4, 0.5) is 5.69 Å². The van der Waals surface area contributed by atoms with E-state index in [-0.39, 0.29) is 11.6 Å². The Bertz CT molecular complexity index is 541. The normalized spacial score (nSPS) is 21.9. The summed E-state index contributed by atoms with van der Waals surface area (Å²) in [6.07, 6.45) is 0. The number of carbonyl (C=O) groups is 1. The predicted molar refractivity (Wildman–Crippen MR) is 64.9 cm³/mol. The van der Waals surface area contributed by atoms with Gasteiger partial charge in [0.15, 0.2) is 5.96 Å². The van der Waals surface area contributed by atoms with Gasteiger partial charge in [-0.15, -0.1) is 0 Å². The van der Waals surface area contributed by atoms with Gasteiger partial charge in [-0.05, 0) is 18.2 Å². The lowest BCUT2D eigenvalue weighted by molar-refractivity contribution is 0.0241. The van der Waals surface area contributed by atoms with Crippen LogP contribution in [0.3, 0.4) is 0 Å². The molecule has 2 aliphatic heterocycles. The van der Waals surface area contributed by atoms with Gasteiger partial charge in [0, 0.05) is 12.1 Å². The van der Waals surface area contributed by atoms with Gasteiger partial charge in [0.1, 0.15) is 0 Å². The molecule has 0 radical (unpaired) electrons. The van der Waals surface area contributed by atoms with Crippen LogP contribution in [0.1, 0.15) is 22.0 Å². The zero-order valence-corrected chi connectivity index (χ0v) is 9.67. The number of carboxylic acid groups (broad SMARTS) is 1. The number of hydrogen-bond acceptors (Lipinski definition) is 5. The molecule has 94 valence electrons. The molecular weight excluding hydrogens is 234 g/mol. The Morgan fingerprint density at radius 2 is 2.39 bits per heavy atom. The number of nitrogens with two attached hydrogens (primary N) is 1. The second kappa shape index (κ2) is 3.99. The molecular formula is C12H13N3O3. The average molecular weight is 247 g/mol. The maximum absolute atomic E-state index is 11.0. The largest absolute Gasteiger partial charge is 0.478 e. The molecule has 1 fully saturated rings. The topological polar surface area (TPSA) is 88.1 Å². The van der Waals surface area contributed by atoms with E-state index in [1.54, 1.807) is 12.1 Å². The first-order valence-corrected chi connectivity index (χ1v) is 5.72. The Hall–Kier alpha value is -2.08. The molecule has 0 aliphatic carbocycles. The quantitative estimate of drug-likeness (QED) is 0.763. The maximum atomic E-state index is 11.0. The molecule has 1 aromatic carbocycles. The second-order valence-electron chi connectivity index (χ2n) is 4.33. The number of fused-ring (bicyclic) bond motifs is 3. The summed E-state index contributed by atoms with van der Waals surface area (Å²) in [7, 11) is 0. The SMILES string of the molecule is NC1=Nc2ccc(C(=O)O)cc2[C@H]2COCCN12. The van der Waals surface area contributed by atoms with Crippen LogP contribution in [0.25, 0.3) is 0 Å². The average Bonchev–Trinajstić information content (AvgIpc) is 2.38. The third kappa shape index (κ3) is 1.62. The minimum absolute atomic E-state index is 0.0365. The Morgan fingerprint density at radius 3 is 3.17 bits per heavy atom. The van der Waals surface area contributed by atoms with E-state index in [0.29, 0.717) is 25.7 Å². The highest BCUT2D eigenvalue weighted by atomic mass is 16.5. The first kappa shape index (κ1) is 11.0. The van der Waals surface area contributed by atoms with Gasteiger partial charge in [0.25, 0.3) is 0 Å². The van der Waals surface area contributed by atoms with Gasteiger partial charge in [0.2, 0.25) is 0 Å². The monoisotopic (exact) mass is 247 g/mol. The number of morpholine rings is 1. The van der Waals surface area contributed by atoms with Crippen LogP contribution in [0.2, 0.25) is 0 Å². The maximum Gasteiger partial charge on any atom is 0.335 e. The van der Waals surface area contributed by atoms with Crippen LogP contribution in [-0.2, 0) is 4.74 Å². The van der Waals surface area contributed by atoms with E-state index >= 15 is 0 Å². The molecule has 6 nitrogen and oxygen atoms in total. The van der Waals surface area contributed by atoms with E-state index in [2.05, 4.69) is 4.99 Å². The lowest BCUT2D eigenvalue weighted by atomic mass is 9.98. The van der Waals surface area contributed by atoms with E-state index in [1.165, 1.54) is 6.07 Å². The standard InChI is InChI=1S/C12H13N3O3/c13-12-14-9-2-1-7(11(16)17)5-8(9)10-6-18-4-3-15(10)12/h1-2,5,10H,3-4,6H2,(H2,13,14)(H,16,17)/t10-/m1/s1. The van der Waals surface area contributed by atoms with Crippen molar-refractivity contribution >= 4 is 17.6 Å². The summed E-state index contributed by atoms with van der Waals surface area (Å²) in [6.45, 7) is 1.80. The molecule has 2 heterocycles. The summed E-state index contributed by atoms with van der Waals surface area (Å²) in [4.78, 5) is 17.3. The Balaban J connectivity index is 2.10. The molecule has 1 aromatic rings. The van der Waals surface area contributed by atoms with Gasteiger partial charge in [-0.3, -0.25) is 0 Å². The minimum atomic E-state index is -0.941. The van der Waals surface area contributed by atoms with Gasteiger partial charge < -0.3 is 20.5 Å². The summed E-state index contributed by atoms with van der Waals surface area (Å²) < 4.78 is 5.44. The highest BCUT2D eigenvalue weighted by molar-refractivity contribution is 5.90. The second-order valence-corrected chi connectivity index (χ2v) is 4.33. The minimum Gasteiger partial charge on any atom is -0.478 e. The first-order valence-electron chi connectivity index (χ1n) is 5.72. The van der Waals surface area contributed by atoms with Crippen molar-refractivity contribution in [1.29, 1.82) is 0 Å². The third-order valence-corrected chi connectivity index (χ3v) is 3.29. The molecule has 1 saturated heterocycles. The van der Waals surface area contributed by atoms with Crippen molar-refractivity contribution in [1.82, 2.24) is 4.90 Å². The third-order valence-electron chi connectivity index (χ3n) is 3.29. The molecule has 0 spiro atoms. The highest BCUT2D eigenvalue weighted by Gasteiger charge is 2.31. The van der Waals surface area contributed by atoms with Crippen LogP contribution < -0.4 is 5.73 Å². The van der Waals surface area contributed by atoms with Gasteiger partial charge in [-0.2, -0.15) is 0 Å². The van der Waals surface area contributed by atoms with E-state index < -0.39 is 5.97 Å². The van der Waals surface area contributed by atoms with E-state index in [0.717, 1.165) is 11.3 Å². The van der Waals surface area contributed by atoms with E-state index in [1.807, 2.05) is 4.90 Å². The van der Waals surface area contributed by atoms with Crippen LogP contribution in [0.5, 0.6) is 0 Å². The number of hydrogen-bond donors (Lipinski definition) is 2. The molecule has 0 saturated carbocycles. The zero-order valence-electron chi connectivity index (χ0n) is 9.67. The number of rotatable bonds is 1. The number of nitrogens with zero attached hydrogens (tertiary/aromatic N) is 2. The molecule has 0 unspecified atom stereocenters. The number of guanidine groups is 1. The van der Waals surface area contributed by atoms with Gasteiger partial charge >= 0.3 is 5.97 Å². The van der Waals surface area contributed by atoms with Crippen molar-refractivity contribution in [2.75, 3.05) is 19.8 Å². The summed E-state index contributed by atoms with van der Waals surface area (Å²) in [6, 6.07) is 4.85. The lowest BCUT2D eigenvalue weighted by Gasteiger charge is -2.39. The van der Waals surface area contributed by atoms with Crippen molar-refractivity contribution in [2.24, 2.45) is 10.7 Å². The van der Waals surface area contributed by atoms with Crippen molar-refractivity contribution < 1.29 is 14.6 Å². The molecule has 1 atom stereocenters. The van der Waals surface area contributed by atoms with Crippen molar-refractivity contribution in [3.63, 3.8) is 0 Å². The zero-order chi connectivity index (χ0) is 12.7. The molecule has 0 aromatic heterocycles. The summed E-state index contributed by atoms with van der Waals surface area (Å²) in [5.41, 5.74) is 7.76. The molecule has 3 N–H and O–H groups in total. The molecule has 3 rings (SSSR count). The number of aliphatic imine (C=N–C) groups is 1. The smallest absolute Gasteiger partial charge is 0.335 e. The van der Waals surface area contributed by atoms with Crippen molar-refractivity contribution in [3.05, 3.63) is 29.3 Å². The van der Waals surface area contributed by atoms with Crippen LogP contribution in [0.15, 0.2) is 23.2 Å². The van der Waals surface area contributed by atoms with Crippen LogP contribution in [0, 0.1) is 0 Å². The van der Waals surface area contributed by atoms with Gasteiger partial charge in [-0.25, -0.2) is 9.79 Å². The summed E-state index contributed by atoms with van der Waals surface area (Å²) in [5, 5.41) is 9.03. The van der Waals surface area contributed by atoms with Crippen molar-refractivity contribution in [3.8, 4) is 0 Å². The summed E-state index contributed by atoms with van der Waals surface area (Å²) >= 11 is 0. The molecule has 18 heavy (non-hydrogen) atoms. The Kier molecular flexibility index (Phi) is 2.45. The molecule has 6 heteroatoms. The molecule has 2 aliphatic rings. The highest BCUT2D eigenvalue weighted by Crippen LogP contribution is 2.36. The number of benzene rings is 1. The fourth-order valence-electron chi connectivity index (χ4n) is 2.38. The molecule has 0 amide bonds. The molecule has 0 bridgehead atoms. The van der Waals surface area contributed by atoms with Gasteiger partial charge in [0.05, 0.1) is 30.5 Å². The Morgan fingerprint density at radius 1 is 1.56 bits per heavy atom. The fourth-order valence-corrected chi connectivity index (χ4v) is 2.38. The summed E-state index contributed by atoms with van der Waals surface area (Å²) in [5.74, 6) is -0.470. The number of ether oxygens (including phenoxy) is 1. The number of aromatic carboxylic acids is 1. The van der Waals surface area contributed by atoms with Crippen LogP contribution in [-0.4, -0.2) is 41.7 Å². The van der Waals surface area contributed by atoms with Crippen molar-refractivity contribution in [2.45, 2.75) is 6.04 Å². The van der Waals surface area contributed by atoms with E-state index in [9.17, 15) is 4.79 Å². The predicted octanol–water partition coefficient (Wildman–Crippen LogP) is 0.718. The number of carboxylic acids is 1. The van der Waals surface area contributed by atoms with Gasteiger partial charge in [-0.1, -0.05) is 0 Å². The Labute approximate surface area is 104 Å². The van der Waals surface area contributed by atoms with E-state index in [4.69, 9.17) is 15.6 Å². The first-order chi connectivity index (χ1) is 8.66. The fraction of sp³-hybridized carbons (Fsp3) is 0.333.